The highest BCUT2D eigenvalue weighted by Gasteiger charge is 2.10. The Morgan fingerprint density at radius 3 is 2.44 bits per heavy atom. The highest BCUT2D eigenvalue weighted by atomic mass is 15.4. The average molecular weight is 246 g/mol. The second kappa shape index (κ2) is 5.68. The summed E-state index contributed by atoms with van der Waals surface area (Å²) >= 11 is 0. The minimum absolute atomic E-state index is 0.582. The Bertz CT molecular complexity index is 502. The van der Waals surface area contributed by atoms with Crippen LogP contribution in [0.15, 0.2) is 12.4 Å². The molecular weight excluding hydrogens is 228 g/mol. The van der Waals surface area contributed by atoms with Crippen LogP contribution >= 0.6 is 0 Å². The number of nitrogens with one attached hydrogen (secondary N) is 1. The first-order valence-electron chi connectivity index (χ1n) is 6.19. The Hall–Kier alpha value is -1.82. The summed E-state index contributed by atoms with van der Waals surface area (Å²) < 4.78 is 1.72. The van der Waals surface area contributed by atoms with E-state index in [0.717, 1.165) is 36.6 Å². The molecule has 0 aliphatic heterocycles. The molecule has 0 fully saturated rings. The Morgan fingerprint density at radius 1 is 1.17 bits per heavy atom. The van der Waals surface area contributed by atoms with E-state index < -0.39 is 0 Å². The summed E-state index contributed by atoms with van der Waals surface area (Å²) in [5.74, 6) is 2.31. The van der Waals surface area contributed by atoms with Crippen molar-refractivity contribution in [3.05, 3.63) is 29.6 Å². The van der Waals surface area contributed by atoms with E-state index in [1.165, 1.54) is 0 Å². The van der Waals surface area contributed by atoms with Gasteiger partial charge in [-0.3, -0.25) is 0 Å². The van der Waals surface area contributed by atoms with E-state index in [1.54, 1.807) is 4.68 Å². The Kier molecular flexibility index (Phi) is 3.99. The SMILES string of the molecule is CCc1nc(CC)n(-c2ncc(CNC)cn2)n1. The van der Waals surface area contributed by atoms with Crippen molar-refractivity contribution in [2.24, 2.45) is 0 Å². The summed E-state index contributed by atoms with van der Waals surface area (Å²) in [6.07, 6.45) is 5.25. The number of rotatable bonds is 5. The number of hydrogen-bond acceptors (Lipinski definition) is 5. The summed E-state index contributed by atoms with van der Waals surface area (Å²) in [4.78, 5) is 13.1. The highest BCUT2D eigenvalue weighted by Crippen LogP contribution is 2.07. The van der Waals surface area contributed by atoms with Crippen molar-refractivity contribution in [1.82, 2.24) is 30.0 Å². The Balaban J connectivity index is 2.32. The van der Waals surface area contributed by atoms with Crippen LogP contribution in [0, 0.1) is 0 Å². The summed E-state index contributed by atoms with van der Waals surface area (Å²) in [5.41, 5.74) is 1.05. The number of nitrogens with zero attached hydrogens (tertiary/aromatic N) is 5. The van der Waals surface area contributed by atoms with E-state index in [0.29, 0.717) is 5.95 Å². The molecule has 0 aliphatic rings. The van der Waals surface area contributed by atoms with Gasteiger partial charge in [-0.25, -0.2) is 15.0 Å². The van der Waals surface area contributed by atoms with Crippen LogP contribution in [-0.4, -0.2) is 31.8 Å². The molecule has 0 radical (unpaired) electrons. The van der Waals surface area contributed by atoms with E-state index in [-0.39, 0.29) is 0 Å². The van der Waals surface area contributed by atoms with Gasteiger partial charge < -0.3 is 5.32 Å². The van der Waals surface area contributed by atoms with Gasteiger partial charge in [-0.1, -0.05) is 13.8 Å². The molecule has 2 rings (SSSR count). The zero-order chi connectivity index (χ0) is 13.0. The lowest BCUT2D eigenvalue weighted by Gasteiger charge is -2.03. The van der Waals surface area contributed by atoms with Gasteiger partial charge in [0.2, 0.25) is 0 Å². The fourth-order valence-corrected chi connectivity index (χ4v) is 1.68. The maximum atomic E-state index is 4.44. The van der Waals surface area contributed by atoms with Gasteiger partial charge in [-0.2, -0.15) is 4.68 Å². The lowest BCUT2D eigenvalue weighted by atomic mass is 10.3. The van der Waals surface area contributed by atoms with Crippen molar-refractivity contribution in [3.63, 3.8) is 0 Å². The van der Waals surface area contributed by atoms with Crippen LogP contribution in [0.4, 0.5) is 0 Å². The predicted molar refractivity (Wildman–Crippen MR) is 68.5 cm³/mol. The van der Waals surface area contributed by atoms with E-state index in [2.05, 4.69) is 32.3 Å². The Morgan fingerprint density at radius 2 is 1.89 bits per heavy atom. The van der Waals surface area contributed by atoms with Gasteiger partial charge in [0.15, 0.2) is 5.82 Å². The quantitative estimate of drug-likeness (QED) is 0.849. The molecule has 18 heavy (non-hydrogen) atoms. The van der Waals surface area contributed by atoms with E-state index >= 15 is 0 Å². The largest absolute Gasteiger partial charge is 0.316 e. The van der Waals surface area contributed by atoms with Gasteiger partial charge in [0.25, 0.3) is 5.95 Å². The van der Waals surface area contributed by atoms with Crippen molar-refractivity contribution in [1.29, 1.82) is 0 Å². The zero-order valence-corrected chi connectivity index (χ0v) is 11.0. The summed E-state index contributed by atoms with van der Waals surface area (Å²) in [7, 11) is 1.90. The molecule has 1 N–H and O–H groups in total. The molecular formula is C12H18N6. The predicted octanol–water partition coefficient (Wildman–Crippen LogP) is 0.901. The zero-order valence-electron chi connectivity index (χ0n) is 11.0. The molecule has 0 saturated heterocycles. The van der Waals surface area contributed by atoms with Gasteiger partial charge in [-0.15, -0.1) is 5.10 Å². The molecule has 0 aromatic carbocycles. The van der Waals surface area contributed by atoms with Crippen LogP contribution in [-0.2, 0) is 19.4 Å². The fourth-order valence-electron chi connectivity index (χ4n) is 1.68. The van der Waals surface area contributed by atoms with Crippen molar-refractivity contribution in [3.8, 4) is 5.95 Å². The van der Waals surface area contributed by atoms with E-state index in [9.17, 15) is 0 Å². The molecule has 0 spiro atoms. The molecule has 2 heterocycles. The second-order valence-electron chi connectivity index (χ2n) is 3.98. The maximum Gasteiger partial charge on any atom is 0.252 e. The topological polar surface area (TPSA) is 68.5 Å². The fraction of sp³-hybridized carbons (Fsp3) is 0.500. The first-order valence-corrected chi connectivity index (χ1v) is 6.19. The van der Waals surface area contributed by atoms with Gasteiger partial charge in [-0.05, 0) is 7.05 Å². The highest BCUT2D eigenvalue weighted by molar-refractivity contribution is 5.15. The smallest absolute Gasteiger partial charge is 0.252 e. The molecule has 0 bridgehead atoms. The molecule has 0 saturated carbocycles. The molecule has 0 unspecified atom stereocenters. The minimum Gasteiger partial charge on any atom is -0.316 e. The van der Waals surface area contributed by atoms with Crippen LogP contribution in [0.5, 0.6) is 0 Å². The van der Waals surface area contributed by atoms with Crippen molar-refractivity contribution in [2.45, 2.75) is 33.2 Å². The van der Waals surface area contributed by atoms with Gasteiger partial charge in [0.1, 0.15) is 5.82 Å². The molecule has 0 amide bonds. The lowest BCUT2D eigenvalue weighted by Crippen LogP contribution is -2.10. The standard InChI is InChI=1S/C12H18N6/c1-4-10-16-11(5-2)18(17-10)12-14-7-9(6-13-3)8-15-12/h7-8,13H,4-6H2,1-3H3. The Labute approximate surface area is 106 Å². The van der Waals surface area contributed by atoms with Crippen molar-refractivity contribution >= 4 is 0 Å². The van der Waals surface area contributed by atoms with Gasteiger partial charge in [0.05, 0.1) is 0 Å². The molecule has 0 atom stereocenters. The average Bonchev–Trinajstić information content (AvgIpc) is 2.83. The van der Waals surface area contributed by atoms with E-state index in [1.807, 2.05) is 26.4 Å². The molecule has 96 valence electrons. The second-order valence-corrected chi connectivity index (χ2v) is 3.98. The third-order valence-corrected chi connectivity index (χ3v) is 2.61. The minimum atomic E-state index is 0.582. The summed E-state index contributed by atoms with van der Waals surface area (Å²) in [6.45, 7) is 4.85. The normalized spacial score (nSPS) is 10.8. The van der Waals surface area contributed by atoms with Gasteiger partial charge >= 0.3 is 0 Å². The molecule has 2 aromatic heterocycles. The lowest BCUT2D eigenvalue weighted by molar-refractivity contribution is 0.733. The van der Waals surface area contributed by atoms with Crippen LogP contribution in [0.25, 0.3) is 5.95 Å². The van der Waals surface area contributed by atoms with Crippen LogP contribution in [0.1, 0.15) is 31.1 Å². The summed E-state index contributed by atoms with van der Waals surface area (Å²) in [6, 6.07) is 0. The number of aromatic nitrogens is 5. The number of aryl methyl sites for hydroxylation is 2. The van der Waals surface area contributed by atoms with Crippen LogP contribution < -0.4 is 5.32 Å². The molecule has 6 nitrogen and oxygen atoms in total. The molecule has 0 aliphatic carbocycles. The number of hydrogen-bond donors (Lipinski definition) is 1. The first kappa shape index (κ1) is 12.6. The molecule has 6 heteroatoms. The van der Waals surface area contributed by atoms with Crippen molar-refractivity contribution < 1.29 is 0 Å². The summed E-state index contributed by atoms with van der Waals surface area (Å²) in [5, 5.41) is 7.47. The van der Waals surface area contributed by atoms with E-state index in [4.69, 9.17) is 0 Å². The van der Waals surface area contributed by atoms with Crippen LogP contribution in [0.3, 0.4) is 0 Å². The van der Waals surface area contributed by atoms with Crippen molar-refractivity contribution in [2.75, 3.05) is 7.05 Å². The first-order chi connectivity index (χ1) is 8.78. The molecule has 2 aromatic rings. The maximum absolute atomic E-state index is 4.44. The van der Waals surface area contributed by atoms with Gasteiger partial charge in [0, 0.05) is 37.3 Å². The van der Waals surface area contributed by atoms with Crippen LogP contribution in [0.2, 0.25) is 0 Å². The third-order valence-electron chi connectivity index (χ3n) is 2.61. The third kappa shape index (κ3) is 2.53. The monoisotopic (exact) mass is 246 g/mol.